The van der Waals surface area contributed by atoms with E-state index in [0.717, 1.165) is 0 Å². The van der Waals surface area contributed by atoms with Gasteiger partial charge in [0.1, 0.15) is 12.1 Å². The number of nitrogens with zero attached hydrogens (tertiary/aromatic N) is 1. The molecule has 0 aromatic rings. The summed E-state index contributed by atoms with van der Waals surface area (Å²) in [5.74, 6) is -1.86. The fourth-order valence-corrected chi connectivity index (χ4v) is 1.81. The Morgan fingerprint density at radius 3 is 2.80 bits per heavy atom. The third-order valence-corrected chi connectivity index (χ3v) is 2.92. The molecule has 1 saturated heterocycles. The first kappa shape index (κ1) is 16.2. The van der Waals surface area contributed by atoms with Crippen molar-refractivity contribution in [1.82, 2.24) is 10.2 Å². The van der Waals surface area contributed by atoms with E-state index in [1.807, 2.05) is 0 Å². The van der Waals surface area contributed by atoms with Crippen molar-refractivity contribution in [3.63, 3.8) is 0 Å². The van der Waals surface area contributed by atoms with Crippen molar-refractivity contribution in [2.45, 2.75) is 18.5 Å². The highest BCUT2D eigenvalue weighted by Gasteiger charge is 2.33. The van der Waals surface area contributed by atoms with Crippen LogP contribution < -0.4 is 11.1 Å². The molecular weight excluding hydrogens is 270 g/mol. The van der Waals surface area contributed by atoms with Gasteiger partial charge in [-0.2, -0.15) is 0 Å². The van der Waals surface area contributed by atoms with Gasteiger partial charge >= 0.3 is 12.0 Å². The van der Waals surface area contributed by atoms with Crippen LogP contribution >= 0.6 is 0 Å². The average Bonchev–Trinajstić information content (AvgIpc) is 2.42. The molecule has 0 spiro atoms. The van der Waals surface area contributed by atoms with Crippen molar-refractivity contribution in [1.29, 1.82) is 0 Å². The summed E-state index contributed by atoms with van der Waals surface area (Å²) in [4.78, 5) is 35.5. The molecule has 1 rings (SSSR count). The van der Waals surface area contributed by atoms with Gasteiger partial charge < -0.3 is 30.5 Å². The Morgan fingerprint density at radius 1 is 1.55 bits per heavy atom. The van der Waals surface area contributed by atoms with Gasteiger partial charge in [0.2, 0.25) is 5.91 Å². The van der Waals surface area contributed by atoms with Crippen molar-refractivity contribution in [2.75, 3.05) is 33.5 Å². The number of nitrogens with one attached hydrogen (secondary N) is 1. The molecule has 1 aliphatic heterocycles. The number of carboxylic acid groups (broad SMARTS) is 1. The second-order valence-electron chi connectivity index (χ2n) is 4.31. The number of carbonyl (C=O) groups is 3. The van der Waals surface area contributed by atoms with E-state index in [-0.39, 0.29) is 32.8 Å². The number of nitrogens with two attached hydrogens (primary N) is 1. The van der Waals surface area contributed by atoms with Crippen molar-refractivity contribution < 1.29 is 29.0 Å². The molecule has 20 heavy (non-hydrogen) atoms. The molecular formula is C11H19N3O6. The van der Waals surface area contributed by atoms with Crippen LogP contribution in [0.1, 0.15) is 6.42 Å². The highest BCUT2D eigenvalue weighted by molar-refractivity contribution is 5.88. The number of carbonyl (C=O) groups excluding carboxylic acids is 2. The number of rotatable bonds is 6. The number of ether oxygens (including phenoxy) is 2. The molecule has 0 aromatic heterocycles. The molecule has 2 atom stereocenters. The predicted octanol–water partition coefficient (Wildman–Crippen LogP) is -1.63. The van der Waals surface area contributed by atoms with Crippen molar-refractivity contribution in [2.24, 2.45) is 5.73 Å². The Morgan fingerprint density at radius 2 is 2.25 bits per heavy atom. The molecule has 1 fully saturated rings. The van der Waals surface area contributed by atoms with Crippen molar-refractivity contribution >= 4 is 17.9 Å². The summed E-state index contributed by atoms with van der Waals surface area (Å²) in [6, 6.07) is -2.62. The summed E-state index contributed by atoms with van der Waals surface area (Å²) in [5.41, 5.74) is 5.19. The fourth-order valence-electron chi connectivity index (χ4n) is 1.81. The lowest BCUT2D eigenvalue weighted by Gasteiger charge is -2.34. The number of primary amides is 1. The van der Waals surface area contributed by atoms with Crippen LogP contribution in [-0.4, -0.2) is 73.5 Å². The molecule has 1 heterocycles. The number of amides is 3. The van der Waals surface area contributed by atoms with Gasteiger partial charge in [0.05, 0.1) is 13.2 Å². The summed E-state index contributed by atoms with van der Waals surface area (Å²) in [6.45, 7) is 0.654. The maximum absolute atomic E-state index is 12.0. The second-order valence-corrected chi connectivity index (χ2v) is 4.31. The lowest BCUT2D eigenvalue weighted by molar-refractivity contribution is -0.139. The Bertz CT molecular complexity index is 375. The lowest BCUT2D eigenvalue weighted by atomic mass is 10.2. The van der Waals surface area contributed by atoms with E-state index < -0.39 is 30.0 Å². The van der Waals surface area contributed by atoms with E-state index in [4.69, 9.17) is 20.3 Å². The van der Waals surface area contributed by atoms with E-state index in [2.05, 4.69) is 5.32 Å². The van der Waals surface area contributed by atoms with E-state index in [0.29, 0.717) is 0 Å². The number of morpholine rings is 1. The zero-order valence-electron chi connectivity index (χ0n) is 11.2. The topological polar surface area (TPSA) is 131 Å². The summed E-state index contributed by atoms with van der Waals surface area (Å²) in [7, 11) is 1.44. The average molecular weight is 289 g/mol. The number of hydrogen-bond acceptors (Lipinski definition) is 5. The van der Waals surface area contributed by atoms with E-state index >= 15 is 0 Å². The first-order chi connectivity index (χ1) is 9.47. The quantitative estimate of drug-likeness (QED) is 0.538. The zero-order valence-corrected chi connectivity index (χ0v) is 11.2. The number of carboxylic acids is 1. The summed E-state index contributed by atoms with van der Waals surface area (Å²) >= 11 is 0. The first-order valence-electron chi connectivity index (χ1n) is 6.13. The van der Waals surface area contributed by atoms with Gasteiger partial charge in [-0.25, -0.2) is 9.59 Å². The van der Waals surface area contributed by atoms with Crippen LogP contribution in [-0.2, 0) is 19.1 Å². The van der Waals surface area contributed by atoms with Crippen LogP contribution in [0.5, 0.6) is 0 Å². The summed E-state index contributed by atoms with van der Waals surface area (Å²) < 4.78 is 9.87. The van der Waals surface area contributed by atoms with Crippen LogP contribution in [0.3, 0.4) is 0 Å². The van der Waals surface area contributed by atoms with Crippen molar-refractivity contribution in [3.05, 3.63) is 0 Å². The smallest absolute Gasteiger partial charge is 0.326 e. The Kier molecular flexibility index (Phi) is 6.19. The lowest BCUT2D eigenvalue weighted by Crippen LogP contribution is -2.59. The molecule has 0 bridgehead atoms. The Hall–Kier alpha value is -1.87. The van der Waals surface area contributed by atoms with Gasteiger partial charge in [-0.1, -0.05) is 0 Å². The van der Waals surface area contributed by atoms with Gasteiger partial charge in [0, 0.05) is 26.7 Å². The number of hydrogen-bond donors (Lipinski definition) is 3. The molecule has 9 nitrogen and oxygen atoms in total. The molecule has 0 radical (unpaired) electrons. The third-order valence-electron chi connectivity index (χ3n) is 2.92. The monoisotopic (exact) mass is 289 g/mol. The summed E-state index contributed by atoms with van der Waals surface area (Å²) in [6.07, 6.45) is 0.128. The van der Waals surface area contributed by atoms with E-state index in [1.165, 1.54) is 12.0 Å². The molecule has 2 unspecified atom stereocenters. The number of methoxy groups -OCH3 is 1. The van der Waals surface area contributed by atoms with Gasteiger partial charge in [0.25, 0.3) is 0 Å². The van der Waals surface area contributed by atoms with Crippen LogP contribution in [0.25, 0.3) is 0 Å². The molecule has 0 aliphatic carbocycles. The van der Waals surface area contributed by atoms with Gasteiger partial charge in [-0.15, -0.1) is 0 Å². The first-order valence-corrected chi connectivity index (χ1v) is 6.13. The Balaban J connectivity index is 2.66. The molecule has 4 N–H and O–H groups in total. The minimum Gasteiger partial charge on any atom is -0.480 e. The molecule has 9 heteroatoms. The van der Waals surface area contributed by atoms with Crippen molar-refractivity contribution in [3.8, 4) is 0 Å². The second kappa shape index (κ2) is 7.65. The molecule has 0 aromatic carbocycles. The molecule has 114 valence electrons. The Labute approximate surface area is 116 Å². The molecule has 3 amide bonds. The predicted molar refractivity (Wildman–Crippen MR) is 67.0 cm³/mol. The SMILES string of the molecule is COCCC(NC(=O)N1CCOCC1C(N)=O)C(=O)O. The number of aliphatic carboxylic acids is 1. The standard InChI is InChI=1S/C11H19N3O6/c1-19-4-2-7(10(16)17)13-11(18)14-3-5-20-6-8(14)9(12)15/h7-8H,2-6H2,1H3,(H2,12,15)(H,13,18)(H,16,17). The van der Waals surface area contributed by atoms with Crippen LogP contribution in [0.4, 0.5) is 4.79 Å². The molecule has 1 aliphatic rings. The van der Waals surface area contributed by atoms with Gasteiger partial charge in [0.15, 0.2) is 0 Å². The maximum Gasteiger partial charge on any atom is 0.326 e. The normalized spacial score (nSPS) is 20.2. The molecule has 0 saturated carbocycles. The van der Waals surface area contributed by atoms with E-state index in [9.17, 15) is 14.4 Å². The minimum atomic E-state index is -1.17. The third kappa shape index (κ3) is 4.35. The van der Waals surface area contributed by atoms with Crippen LogP contribution in [0.15, 0.2) is 0 Å². The van der Waals surface area contributed by atoms with Crippen LogP contribution in [0, 0.1) is 0 Å². The number of urea groups is 1. The highest BCUT2D eigenvalue weighted by Crippen LogP contribution is 2.07. The fraction of sp³-hybridized carbons (Fsp3) is 0.727. The van der Waals surface area contributed by atoms with E-state index in [1.54, 1.807) is 0 Å². The van der Waals surface area contributed by atoms with Gasteiger partial charge in [-0.05, 0) is 0 Å². The summed E-state index contributed by atoms with van der Waals surface area (Å²) in [5, 5.41) is 11.4. The zero-order chi connectivity index (χ0) is 15.1. The minimum absolute atomic E-state index is 0.0125. The maximum atomic E-state index is 12.0. The van der Waals surface area contributed by atoms with Crippen LogP contribution in [0.2, 0.25) is 0 Å². The highest BCUT2D eigenvalue weighted by atomic mass is 16.5. The van der Waals surface area contributed by atoms with Gasteiger partial charge in [-0.3, -0.25) is 4.79 Å². The largest absolute Gasteiger partial charge is 0.480 e.